The Balaban J connectivity index is 4.43. The van der Waals surface area contributed by atoms with Crippen LogP contribution in [0.5, 0.6) is 0 Å². The van der Waals surface area contributed by atoms with Gasteiger partial charge in [-0.2, -0.15) is 0 Å². The molecular weight excluding hydrogens is 416 g/mol. The van der Waals surface area contributed by atoms with Crippen LogP contribution in [-0.2, 0) is 19.1 Å². The topological polar surface area (TPSA) is 67.9 Å². The van der Waals surface area contributed by atoms with E-state index in [2.05, 4.69) is 72.7 Å². The van der Waals surface area contributed by atoms with Crippen LogP contribution in [0.25, 0.3) is 0 Å². The first kappa shape index (κ1) is 32.0. The fourth-order valence-corrected chi connectivity index (χ4v) is 3.65. The second kappa shape index (κ2) is 13.2. The summed E-state index contributed by atoms with van der Waals surface area (Å²) in [5.41, 5.74) is -0.856. The molecule has 1 amide bonds. The van der Waals surface area contributed by atoms with E-state index >= 15 is 0 Å². The van der Waals surface area contributed by atoms with Crippen LogP contribution in [0.2, 0.25) is 0 Å². The highest BCUT2D eigenvalue weighted by atomic mass is 16.5. The number of rotatable bonds is 17. The monoisotopic (exact) mass is 470 g/mol. The molecule has 0 fully saturated rings. The van der Waals surface area contributed by atoms with Crippen LogP contribution in [0.4, 0.5) is 0 Å². The van der Waals surface area contributed by atoms with Gasteiger partial charge in [-0.3, -0.25) is 14.5 Å². The van der Waals surface area contributed by atoms with Crippen molar-refractivity contribution >= 4 is 11.7 Å². The van der Waals surface area contributed by atoms with Gasteiger partial charge in [0, 0.05) is 43.0 Å². The number of ether oxygens (including phenoxy) is 2. The van der Waals surface area contributed by atoms with Gasteiger partial charge in [0.25, 0.3) is 0 Å². The molecule has 33 heavy (non-hydrogen) atoms. The zero-order chi connectivity index (χ0) is 26.1. The summed E-state index contributed by atoms with van der Waals surface area (Å²) in [4.78, 5) is 26.7. The molecule has 0 aliphatic rings. The fraction of sp³-hybridized carbons (Fsp3) is 0.926. The quantitative estimate of drug-likeness (QED) is 0.315. The van der Waals surface area contributed by atoms with Crippen molar-refractivity contribution in [1.82, 2.24) is 10.2 Å². The maximum atomic E-state index is 12.6. The normalized spacial score (nSPS) is 13.6. The maximum absolute atomic E-state index is 12.6. The number of carbonyl (C=O) groups excluding carboxylic acids is 2. The lowest BCUT2D eigenvalue weighted by Gasteiger charge is -2.39. The predicted molar refractivity (Wildman–Crippen MR) is 138 cm³/mol. The molecule has 0 saturated carbocycles. The number of carbonyl (C=O) groups is 2. The van der Waals surface area contributed by atoms with Crippen molar-refractivity contribution in [2.75, 3.05) is 33.4 Å². The molecule has 6 heteroatoms. The standard InChI is InChI=1S/C27H54N2O4/c1-13-22(30)16-24(4,5)19-32-20-25(6,7)18-28-23(31)17-27(10,11)33-15-14-26(8,9)29(12)21(2)3/h21H,13-20H2,1-12H3,(H,28,31). The number of ketones is 1. The second-order valence-corrected chi connectivity index (χ2v) is 12.7. The Morgan fingerprint density at radius 2 is 1.45 bits per heavy atom. The SMILES string of the molecule is CCC(=O)CC(C)(C)COCC(C)(C)CNC(=O)CC(C)(C)OCCC(C)(C)N(C)C(C)C. The van der Waals surface area contributed by atoms with Crippen molar-refractivity contribution in [2.45, 2.75) is 119 Å². The summed E-state index contributed by atoms with van der Waals surface area (Å²) in [6, 6.07) is 0.469. The molecule has 0 aliphatic heterocycles. The molecule has 1 N–H and O–H groups in total. The number of amides is 1. The summed E-state index contributed by atoms with van der Waals surface area (Å²) in [5.74, 6) is 0.246. The largest absolute Gasteiger partial charge is 0.380 e. The number of hydrogen-bond donors (Lipinski definition) is 1. The minimum Gasteiger partial charge on any atom is -0.380 e. The lowest BCUT2D eigenvalue weighted by Crippen LogP contribution is -2.46. The van der Waals surface area contributed by atoms with Crippen molar-refractivity contribution < 1.29 is 19.1 Å². The molecule has 0 aromatic rings. The molecule has 0 spiro atoms. The van der Waals surface area contributed by atoms with Gasteiger partial charge >= 0.3 is 0 Å². The summed E-state index contributed by atoms with van der Waals surface area (Å²) in [5, 5.41) is 3.05. The van der Waals surface area contributed by atoms with Crippen LogP contribution >= 0.6 is 0 Å². The summed E-state index contributed by atoms with van der Waals surface area (Å²) >= 11 is 0. The molecular formula is C27H54N2O4. The molecule has 196 valence electrons. The van der Waals surface area contributed by atoms with E-state index in [4.69, 9.17) is 9.47 Å². The van der Waals surface area contributed by atoms with Crippen molar-refractivity contribution in [3.05, 3.63) is 0 Å². The van der Waals surface area contributed by atoms with E-state index in [1.54, 1.807) is 0 Å². The van der Waals surface area contributed by atoms with Crippen LogP contribution in [0.1, 0.15) is 102 Å². The van der Waals surface area contributed by atoms with Crippen LogP contribution in [0, 0.1) is 10.8 Å². The Hall–Kier alpha value is -0.980. The van der Waals surface area contributed by atoms with E-state index in [9.17, 15) is 9.59 Å². The van der Waals surface area contributed by atoms with E-state index in [-0.39, 0.29) is 28.1 Å². The summed E-state index contributed by atoms with van der Waals surface area (Å²) < 4.78 is 12.0. The first-order valence-corrected chi connectivity index (χ1v) is 12.6. The van der Waals surface area contributed by atoms with Crippen LogP contribution in [0.3, 0.4) is 0 Å². The zero-order valence-electron chi connectivity index (χ0n) is 23.8. The Labute approximate surface area is 204 Å². The van der Waals surface area contributed by atoms with Gasteiger partial charge in [0.05, 0.1) is 25.2 Å². The minimum absolute atomic E-state index is 0.0134. The first-order chi connectivity index (χ1) is 14.8. The average molecular weight is 471 g/mol. The highest BCUT2D eigenvalue weighted by Gasteiger charge is 2.29. The Kier molecular flexibility index (Phi) is 12.8. The van der Waals surface area contributed by atoms with Gasteiger partial charge < -0.3 is 14.8 Å². The summed E-state index contributed by atoms with van der Waals surface area (Å²) in [6.07, 6.45) is 2.31. The van der Waals surface area contributed by atoms with E-state index < -0.39 is 5.60 Å². The molecule has 0 bridgehead atoms. The summed E-state index contributed by atoms with van der Waals surface area (Å²) in [6.45, 7) is 25.1. The van der Waals surface area contributed by atoms with E-state index in [1.807, 2.05) is 20.8 Å². The molecule has 0 aliphatic carbocycles. The molecule has 0 unspecified atom stereocenters. The van der Waals surface area contributed by atoms with Crippen LogP contribution in [0.15, 0.2) is 0 Å². The number of Topliss-reactive ketones (excluding diaryl/α,β-unsaturated/α-hetero) is 1. The van der Waals surface area contributed by atoms with E-state index in [1.165, 1.54) is 0 Å². The minimum atomic E-state index is -0.521. The van der Waals surface area contributed by atoms with Crippen LogP contribution in [-0.4, -0.2) is 67.2 Å². The Morgan fingerprint density at radius 3 is 1.97 bits per heavy atom. The molecule has 0 aromatic heterocycles. The van der Waals surface area contributed by atoms with Crippen molar-refractivity contribution in [3.63, 3.8) is 0 Å². The highest BCUT2D eigenvalue weighted by Crippen LogP contribution is 2.25. The van der Waals surface area contributed by atoms with Gasteiger partial charge in [-0.25, -0.2) is 0 Å². The maximum Gasteiger partial charge on any atom is 0.222 e. The lowest BCUT2D eigenvalue weighted by atomic mass is 9.87. The number of nitrogens with one attached hydrogen (secondary N) is 1. The predicted octanol–water partition coefficient (Wildman–Crippen LogP) is 5.24. The van der Waals surface area contributed by atoms with Crippen molar-refractivity contribution in [3.8, 4) is 0 Å². The highest BCUT2D eigenvalue weighted by molar-refractivity contribution is 5.78. The second-order valence-electron chi connectivity index (χ2n) is 12.7. The number of hydrogen-bond acceptors (Lipinski definition) is 5. The van der Waals surface area contributed by atoms with Crippen LogP contribution < -0.4 is 5.32 Å². The Bertz CT molecular complexity index is 609. The Morgan fingerprint density at radius 1 is 0.909 bits per heavy atom. The first-order valence-electron chi connectivity index (χ1n) is 12.6. The third-order valence-electron chi connectivity index (χ3n) is 6.34. The summed E-state index contributed by atoms with van der Waals surface area (Å²) in [7, 11) is 2.14. The molecule has 0 saturated heterocycles. The van der Waals surface area contributed by atoms with Gasteiger partial charge in [0.1, 0.15) is 5.78 Å². The van der Waals surface area contributed by atoms with Gasteiger partial charge in [-0.1, -0.05) is 34.6 Å². The average Bonchev–Trinajstić information content (AvgIpc) is 2.64. The van der Waals surface area contributed by atoms with Gasteiger partial charge in [-0.05, 0) is 60.4 Å². The molecule has 0 radical (unpaired) electrons. The molecule has 0 atom stereocenters. The molecule has 6 nitrogen and oxygen atoms in total. The van der Waals surface area contributed by atoms with E-state index in [0.29, 0.717) is 51.7 Å². The number of nitrogens with zero attached hydrogens (tertiary/aromatic N) is 1. The molecule has 0 rings (SSSR count). The van der Waals surface area contributed by atoms with Crippen molar-refractivity contribution in [2.24, 2.45) is 10.8 Å². The van der Waals surface area contributed by atoms with Gasteiger partial charge in [0.2, 0.25) is 5.91 Å². The molecule has 0 heterocycles. The van der Waals surface area contributed by atoms with Crippen molar-refractivity contribution in [1.29, 1.82) is 0 Å². The van der Waals surface area contributed by atoms with Gasteiger partial charge in [-0.15, -0.1) is 0 Å². The van der Waals surface area contributed by atoms with Gasteiger partial charge in [0.15, 0.2) is 0 Å². The smallest absolute Gasteiger partial charge is 0.222 e. The third-order valence-corrected chi connectivity index (χ3v) is 6.34. The van der Waals surface area contributed by atoms with E-state index in [0.717, 1.165) is 6.42 Å². The molecule has 0 aromatic carbocycles. The third kappa shape index (κ3) is 14.1. The lowest BCUT2D eigenvalue weighted by molar-refractivity contribution is -0.129. The zero-order valence-corrected chi connectivity index (χ0v) is 23.8. The fourth-order valence-electron chi connectivity index (χ4n) is 3.65.